The van der Waals surface area contributed by atoms with Crippen LogP contribution in [-0.4, -0.2) is 46.3 Å². The fourth-order valence-electron chi connectivity index (χ4n) is 4.38. The minimum atomic E-state index is -1.67. The summed E-state index contributed by atoms with van der Waals surface area (Å²) in [5, 5.41) is 2.47. The third-order valence-corrected chi connectivity index (χ3v) is 5.98. The van der Waals surface area contributed by atoms with Gasteiger partial charge in [-0.05, 0) is 38.7 Å². The zero-order valence-corrected chi connectivity index (χ0v) is 15.7. The van der Waals surface area contributed by atoms with Crippen molar-refractivity contribution in [2.75, 3.05) is 6.54 Å². The molecule has 1 saturated heterocycles. The molecule has 1 aliphatic heterocycles. The highest BCUT2D eigenvalue weighted by atomic mass is 19.1. The summed E-state index contributed by atoms with van der Waals surface area (Å²) < 4.78 is 27.5. The van der Waals surface area contributed by atoms with Crippen LogP contribution in [0.15, 0.2) is 18.2 Å². The Labute approximate surface area is 161 Å². The average Bonchev–Trinajstić information content (AvgIpc) is 3.26. The average molecular weight is 391 g/mol. The summed E-state index contributed by atoms with van der Waals surface area (Å²) in [6.07, 6.45) is 5.93. The second-order valence-electron chi connectivity index (χ2n) is 8.04. The van der Waals surface area contributed by atoms with Crippen LogP contribution in [-0.2, 0) is 15.1 Å². The van der Waals surface area contributed by atoms with Crippen molar-refractivity contribution >= 4 is 17.8 Å². The predicted octanol–water partition coefficient (Wildman–Crippen LogP) is 2.67. The minimum absolute atomic E-state index is 0.128. The zero-order chi connectivity index (χ0) is 20.1. The van der Waals surface area contributed by atoms with Crippen molar-refractivity contribution in [2.45, 2.75) is 63.1 Å². The molecule has 2 saturated carbocycles. The van der Waals surface area contributed by atoms with Gasteiger partial charge in [-0.3, -0.25) is 14.5 Å². The second kappa shape index (κ2) is 6.83. The number of halogens is 2. The summed E-state index contributed by atoms with van der Waals surface area (Å²) >= 11 is 0. The fourth-order valence-corrected chi connectivity index (χ4v) is 4.38. The van der Waals surface area contributed by atoms with Gasteiger partial charge in [-0.15, -0.1) is 0 Å². The smallest absolute Gasteiger partial charge is 0.325 e. The van der Waals surface area contributed by atoms with Gasteiger partial charge in [-0.2, -0.15) is 0 Å². The van der Waals surface area contributed by atoms with Crippen molar-refractivity contribution in [1.82, 2.24) is 15.1 Å². The molecule has 1 aromatic rings. The number of urea groups is 1. The van der Waals surface area contributed by atoms with Gasteiger partial charge in [0, 0.05) is 23.7 Å². The van der Waals surface area contributed by atoms with Gasteiger partial charge in [0.05, 0.1) is 0 Å². The molecule has 1 heterocycles. The highest BCUT2D eigenvalue weighted by Gasteiger charge is 2.51. The lowest BCUT2D eigenvalue weighted by Gasteiger charge is -2.30. The molecular formula is C20H23F2N3O3. The maximum Gasteiger partial charge on any atom is 0.325 e. The third kappa shape index (κ3) is 3.14. The second-order valence-corrected chi connectivity index (χ2v) is 8.04. The molecule has 150 valence electrons. The van der Waals surface area contributed by atoms with Crippen LogP contribution in [0.2, 0.25) is 0 Å². The Bertz CT molecular complexity index is 836. The van der Waals surface area contributed by atoms with E-state index in [1.807, 2.05) is 4.90 Å². The Morgan fingerprint density at radius 2 is 1.82 bits per heavy atom. The standard InChI is InChI=1S/C20H23F2N3O3/c1-20(15-9-6-12(21)10-16(15)22)18(27)24(19(28)23-20)11-17(26)25(14-7-8-14)13-4-2-3-5-13/h6,9-10,13-14H,2-5,7-8,11H2,1H3,(H,23,28). The number of hydrogen-bond donors (Lipinski definition) is 1. The number of nitrogens with one attached hydrogen (secondary N) is 1. The Balaban J connectivity index is 1.54. The molecule has 4 amide bonds. The summed E-state index contributed by atoms with van der Waals surface area (Å²) in [6.45, 7) is 1.000. The Hall–Kier alpha value is -2.51. The predicted molar refractivity (Wildman–Crippen MR) is 96.1 cm³/mol. The summed E-state index contributed by atoms with van der Waals surface area (Å²) in [4.78, 5) is 41.0. The molecule has 1 N–H and O–H groups in total. The maximum atomic E-state index is 14.2. The van der Waals surface area contributed by atoms with Gasteiger partial charge >= 0.3 is 6.03 Å². The van der Waals surface area contributed by atoms with Crippen LogP contribution >= 0.6 is 0 Å². The number of amides is 4. The van der Waals surface area contributed by atoms with Crippen LogP contribution in [0.4, 0.5) is 13.6 Å². The van der Waals surface area contributed by atoms with Gasteiger partial charge in [0.1, 0.15) is 23.7 Å². The van der Waals surface area contributed by atoms with E-state index in [1.165, 1.54) is 6.92 Å². The number of nitrogens with zero attached hydrogens (tertiary/aromatic N) is 2. The summed E-state index contributed by atoms with van der Waals surface area (Å²) in [5.74, 6) is -2.65. The molecular weight excluding hydrogens is 368 g/mol. The van der Waals surface area contributed by atoms with E-state index in [0.29, 0.717) is 6.07 Å². The van der Waals surface area contributed by atoms with E-state index in [1.54, 1.807) is 0 Å². The fraction of sp³-hybridized carbons (Fsp3) is 0.550. The van der Waals surface area contributed by atoms with E-state index in [0.717, 1.165) is 55.6 Å². The SMILES string of the molecule is CC1(c2ccc(F)cc2F)NC(=O)N(CC(=O)N(C2CCCC2)C2CC2)C1=O. The van der Waals surface area contributed by atoms with Gasteiger partial charge in [0.2, 0.25) is 5.91 Å². The molecule has 0 bridgehead atoms. The molecule has 28 heavy (non-hydrogen) atoms. The molecule has 6 nitrogen and oxygen atoms in total. The van der Waals surface area contributed by atoms with E-state index in [4.69, 9.17) is 0 Å². The van der Waals surface area contributed by atoms with Crippen molar-refractivity contribution in [3.05, 3.63) is 35.4 Å². The van der Waals surface area contributed by atoms with Crippen molar-refractivity contribution in [3.63, 3.8) is 0 Å². The molecule has 3 fully saturated rings. The first kappa shape index (κ1) is 18.8. The zero-order valence-electron chi connectivity index (χ0n) is 15.7. The van der Waals surface area contributed by atoms with Crippen molar-refractivity contribution in [1.29, 1.82) is 0 Å². The number of rotatable bonds is 5. The minimum Gasteiger partial charge on any atom is -0.335 e. The number of carbonyl (C=O) groups excluding carboxylic acids is 3. The first-order valence-electron chi connectivity index (χ1n) is 9.72. The number of hydrogen-bond acceptors (Lipinski definition) is 3. The molecule has 1 unspecified atom stereocenters. The normalized spacial score (nSPS) is 25.3. The third-order valence-electron chi connectivity index (χ3n) is 5.98. The maximum absolute atomic E-state index is 14.2. The van der Waals surface area contributed by atoms with E-state index in [2.05, 4.69) is 5.32 Å². The van der Waals surface area contributed by atoms with E-state index >= 15 is 0 Å². The highest BCUT2D eigenvalue weighted by molar-refractivity contribution is 6.09. The van der Waals surface area contributed by atoms with Gasteiger partial charge < -0.3 is 10.2 Å². The van der Waals surface area contributed by atoms with Gasteiger partial charge in [-0.25, -0.2) is 13.6 Å². The molecule has 0 radical (unpaired) electrons. The summed E-state index contributed by atoms with van der Waals surface area (Å²) in [5.41, 5.74) is -1.80. The van der Waals surface area contributed by atoms with Gasteiger partial charge in [-0.1, -0.05) is 18.9 Å². The number of imide groups is 1. The Morgan fingerprint density at radius 1 is 1.18 bits per heavy atom. The van der Waals surface area contributed by atoms with Crippen molar-refractivity contribution in [3.8, 4) is 0 Å². The Kier molecular flexibility index (Phi) is 4.59. The lowest BCUT2D eigenvalue weighted by Crippen LogP contribution is -2.48. The van der Waals surface area contributed by atoms with E-state index in [9.17, 15) is 23.2 Å². The molecule has 1 atom stereocenters. The van der Waals surface area contributed by atoms with Crippen molar-refractivity contribution < 1.29 is 23.2 Å². The molecule has 4 rings (SSSR count). The van der Waals surface area contributed by atoms with Gasteiger partial charge in [0.25, 0.3) is 5.91 Å². The van der Waals surface area contributed by atoms with E-state index in [-0.39, 0.29) is 30.1 Å². The molecule has 1 aromatic carbocycles. The van der Waals surface area contributed by atoms with Crippen LogP contribution in [0.1, 0.15) is 51.0 Å². The van der Waals surface area contributed by atoms with Crippen LogP contribution in [0.25, 0.3) is 0 Å². The monoisotopic (exact) mass is 391 g/mol. The lowest BCUT2D eigenvalue weighted by atomic mass is 9.91. The van der Waals surface area contributed by atoms with Gasteiger partial charge in [0.15, 0.2) is 0 Å². The quantitative estimate of drug-likeness (QED) is 0.785. The first-order valence-corrected chi connectivity index (χ1v) is 9.72. The molecule has 2 aliphatic carbocycles. The van der Waals surface area contributed by atoms with Crippen LogP contribution in [0, 0.1) is 11.6 Å². The van der Waals surface area contributed by atoms with Crippen molar-refractivity contribution in [2.24, 2.45) is 0 Å². The largest absolute Gasteiger partial charge is 0.335 e. The first-order chi connectivity index (χ1) is 13.3. The van der Waals surface area contributed by atoms with Crippen LogP contribution in [0.5, 0.6) is 0 Å². The lowest BCUT2D eigenvalue weighted by molar-refractivity contribution is -0.140. The number of carbonyl (C=O) groups is 3. The Morgan fingerprint density at radius 3 is 2.43 bits per heavy atom. The molecule has 3 aliphatic rings. The molecule has 8 heteroatoms. The number of benzene rings is 1. The molecule has 0 spiro atoms. The van der Waals surface area contributed by atoms with E-state index < -0.39 is 29.1 Å². The topological polar surface area (TPSA) is 69.7 Å². The summed E-state index contributed by atoms with van der Waals surface area (Å²) in [7, 11) is 0. The highest BCUT2D eigenvalue weighted by Crippen LogP contribution is 2.35. The molecule has 0 aromatic heterocycles. The van der Waals surface area contributed by atoms with Crippen LogP contribution < -0.4 is 5.32 Å². The van der Waals surface area contributed by atoms with Crippen LogP contribution in [0.3, 0.4) is 0 Å². The summed E-state index contributed by atoms with van der Waals surface area (Å²) in [6, 6.07) is 2.46.